The molecular formula is C14H21F2NO2S. The third kappa shape index (κ3) is 6.43. The minimum atomic E-state index is -3.05. The van der Waals surface area contributed by atoms with Crippen LogP contribution in [0.4, 0.5) is 8.78 Å². The molecule has 1 aromatic carbocycles. The molecular weight excluding hydrogens is 284 g/mol. The summed E-state index contributed by atoms with van der Waals surface area (Å²) in [6.45, 7) is 2.73. The second-order valence-corrected chi connectivity index (χ2v) is 7.27. The van der Waals surface area contributed by atoms with E-state index in [4.69, 9.17) is 0 Å². The van der Waals surface area contributed by atoms with Gasteiger partial charge in [-0.15, -0.1) is 0 Å². The Balaban J connectivity index is 2.72. The average Bonchev–Trinajstić information content (AvgIpc) is 2.34. The summed E-state index contributed by atoms with van der Waals surface area (Å²) in [6, 6.07) is 3.34. The minimum absolute atomic E-state index is 0.0528. The summed E-state index contributed by atoms with van der Waals surface area (Å²) in [7, 11) is -3.05. The smallest absolute Gasteiger partial charge is 0.147 e. The van der Waals surface area contributed by atoms with Crippen LogP contribution in [0.25, 0.3) is 0 Å². The van der Waals surface area contributed by atoms with Crippen molar-refractivity contribution in [3.05, 3.63) is 35.4 Å². The molecule has 0 bridgehead atoms. The van der Waals surface area contributed by atoms with Crippen LogP contribution >= 0.6 is 0 Å². The fourth-order valence-electron chi connectivity index (χ4n) is 1.93. The summed E-state index contributed by atoms with van der Waals surface area (Å²) in [6.07, 6.45) is 2.85. The van der Waals surface area contributed by atoms with E-state index in [1.54, 1.807) is 0 Å². The molecule has 1 atom stereocenters. The van der Waals surface area contributed by atoms with Crippen LogP contribution in [0.3, 0.4) is 0 Å². The van der Waals surface area contributed by atoms with E-state index in [-0.39, 0.29) is 11.8 Å². The maximum atomic E-state index is 13.6. The lowest BCUT2D eigenvalue weighted by Gasteiger charge is -2.18. The number of benzene rings is 1. The van der Waals surface area contributed by atoms with Gasteiger partial charge in [0.05, 0.1) is 5.75 Å². The van der Waals surface area contributed by atoms with Crippen molar-refractivity contribution in [3.8, 4) is 0 Å². The first-order valence-electron chi connectivity index (χ1n) is 6.67. The molecule has 0 aliphatic rings. The Morgan fingerprint density at radius 2 is 2.00 bits per heavy atom. The van der Waals surface area contributed by atoms with Crippen molar-refractivity contribution < 1.29 is 17.2 Å². The van der Waals surface area contributed by atoms with E-state index >= 15 is 0 Å². The second-order valence-electron chi connectivity index (χ2n) is 5.01. The van der Waals surface area contributed by atoms with Gasteiger partial charge in [0, 0.05) is 18.4 Å². The van der Waals surface area contributed by atoms with Crippen molar-refractivity contribution in [1.82, 2.24) is 5.32 Å². The molecule has 0 aliphatic heterocycles. The third-order valence-electron chi connectivity index (χ3n) is 3.00. The Labute approximate surface area is 119 Å². The van der Waals surface area contributed by atoms with Crippen LogP contribution in [0.5, 0.6) is 0 Å². The Hall–Kier alpha value is -1.01. The average molecular weight is 305 g/mol. The van der Waals surface area contributed by atoms with E-state index in [9.17, 15) is 17.2 Å². The first kappa shape index (κ1) is 17.0. The molecule has 114 valence electrons. The van der Waals surface area contributed by atoms with Gasteiger partial charge in [0.25, 0.3) is 0 Å². The lowest BCUT2D eigenvalue weighted by molar-refractivity contribution is 0.479. The van der Waals surface area contributed by atoms with Crippen LogP contribution in [-0.4, -0.2) is 33.0 Å². The quantitative estimate of drug-likeness (QED) is 0.801. The van der Waals surface area contributed by atoms with Crippen LogP contribution in [0.1, 0.15) is 25.3 Å². The first-order chi connectivity index (χ1) is 9.31. The lowest BCUT2D eigenvalue weighted by atomic mass is 10.0. The summed E-state index contributed by atoms with van der Waals surface area (Å²) >= 11 is 0. The number of nitrogens with one attached hydrogen (secondary N) is 1. The Morgan fingerprint density at radius 3 is 2.55 bits per heavy atom. The van der Waals surface area contributed by atoms with Gasteiger partial charge in [-0.3, -0.25) is 0 Å². The molecule has 0 aliphatic carbocycles. The highest BCUT2D eigenvalue weighted by molar-refractivity contribution is 7.90. The second kappa shape index (κ2) is 7.69. The van der Waals surface area contributed by atoms with Crippen LogP contribution in [0.15, 0.2) is 18.2 Å². The molecule has 3 nitrogen and oxygen atoms in total. The predicted octanol–water partition coefficient (Wildman–Crippen LogP) is 2.31. The zero-order valence-electron chi connectivity index (χ0n) is 11.8. The molecule has 0 saturated heterocycles. The molecule has 0 aromatic heterocycles. The Morgan fingerprint density at radius 1 is 1.30 bits per heavy atom. The van der Waals surface area contributed by atoms with Crippen LogP contribution in [-0.2, 0) is 16.3 Å². The summed E-state index contributed by atoms with van der Waals surface area (Å²) < 4.78 is 48.9. The van der Waals surface area contributed by atoms with Crippen molar-refractivity contribution >= 4 is 9.84 Å². The molecule has 1 N–H and O–H groups in total. The number of halogens is 2. The SMILES string of the molecule is CCCNC(CCS(C)(=O)=O)Cc1ccc(F)cc1F. The highest BCUT2D eigenvalue weighted by Crippen LogP contribution is 2.13. The maximum Gasteiger partial charge on any atom is 0.147 e. The molecule has 0 spiro atoms. The van der Waals surface area contributed by atoms with E-state index in [1.165, 1.54) is 18.4 Å². The van der Waals surface area contributed by atoms with Gasteiger partial charge >= 0.3 is 0 Å². The number of rotatable bonds is 8. The molecule has 1 unspecified atom stereocenters. The van der Waals surface area contributed by atoms with Gasteiger partial charge in [0.2, 0.25) is 0 Å². The Kier molecular flexibility index (Phi) is 6.55. The zero-order valence-corrected chi connectivity index (χ0v) is 12.6. The minimum Gasteiger partial charge on any atom is -0.314 e. The Bertz CT molecular complexity index is 532. The monoisotopic (exact) mass is 305 g/mol. The summed E-state index contributed by atoms with van der Waals surface area (Å²) in [4.78, 5) is 0. The van der Waals surface area contributed by atoms with Crippen LogP contribution < -0.4 is 5.32 Å². The van der Waals surface area contributed by atoms with E-state index in [1.807, 2.05) is 6.92 Å². The molecule has 0 heterocycles. The molecule has 6 heteroatoms. The molecule has 0 fully saturated rings. The molecule has 1 aromatic rings. The van der Waals surface area contributed by atoms with Gasteiger partial charge in [0.1, 0.15) is 21.5 Å². The highest BCUT2D eigenvalue weighted by atomic mass is 32.2. The first-order valence-corrected chi connectivity index (χ1v) is 8.73. The third-order valence-corrected chi connectivity index (χ3v) is 3.98. The largest absolute Gasteiger partial charge is 0.314 e. The van der Waals surface area contributed by atoms with Crippen molar-refractivity contribution in [1.29, 1.82) is 0 Å². The molecule has 1 rings (SSSR count). The van der Waals surface area contributed by atoms with Crippen LogP contribution in [0.2, 0.25) is 0 Å². The topological polar surface area (TPSA) is 46.2 Å². The standard InChI is InChI=1S/C14H21F2NO2S/c1-3-7-17-13(6-8-20(2,18)19)9-11-4-5-12(15)10-14(11)16/h4-5,10,13,17H,3,6-9H2,1-2H3. The molecule has 0 amide bonds. The number of hydrogen-bond acceptors (Lipinski definition) is 3. The fraction of sp³-hybridized carbons (Fsp3) is 0.571. The predicted molar refractivity (Wildman–Crippen MR) is 76.5 cm³/mol. The summed E-state index contributed by atoms with van der Waals surface area (Å²) in [5, 5.41) is 3.21. The molecule has 0 saturated carbocycles. The number of sulfone groups is 1. The van der Waals surface area contributed by atoms with Gasteiger partial charge < -0.3 is 5.32 Å². The van der Waals surface area contributed by atoms with Crippen molar-refractivity contribution in [2.45, 2.75) is 32.2 Å². The normalized spacial score (nSPS) is 13.4. The van der Waals surface area contributed by atoms with E-state index in [0.29, 0.717) is 18.4 Å². The van der Waals surface area contributed by atoms with Crippen molar-refractivity contribution in [3.63, 3.8) is 0 Å². The van der Waals surface area contributed by atoms with Gasteiger partial charge in [-0.2, -0.15) is 0 Å². The van der Waals surface area contributed by atoms with E-state index < -0.39 is 21.5 Å². The number of hydrogen-bond donors (Lipinski definition) is 1. The fourth-order valence-corrected chi connectivity index (χ4v) is 2.65. The van der Waals surface area contributed by atoms with Crippen molar-refractivity contribution in [2.24, 2.45) is 0 Å². The van der Waals surface area contributed by atoms with E-state index in [0.717, 1.165) is 19.0 Å². The highest BCUT2D eigenvalue weighted by Gasteiger charge is 2.15. The van der Waals surface area contributed by atoms with Crippen molar-refractivity contribution in [2.75, 3.05) is 18.6 Å². The van der Waals surface area contributed by atoms with Gasteiger partial charge in [-0.25, -0.2) is 17.2 Å². The lowest BCUT2D eigenvalue weighted by Crippen LogP contribution is -2.33. The van der Waals surface area contributed by atoms with E-state index in [2.05, 4.69) is 5.32 Å². The molecule has 0 radical (unpaired) electrons. The van der Waals surface area contributed by atoms with Gasteiger partial charge in [0.15, 0.2) is 0 Å². The van der Waals surface area contributed by atoms with Crippen LogP contribution in [0, 0.1) is 11.6 Å². The zero-order chi connectivity index (χ0) is 15.2. The summed E-state index contributed by atoms with van der Waals surface area (Å²) in [5.41, 5.74) is 0.397. The maximum absolute atomic E-state index is 13.6. The molecule has 20 heavy (non-hydrogen) atoms. The van der Waals surface area contributed by atoms with Gasteiger partial charge in [-0.1, -0.05) is 13.0 Å². The van der Waals surface area contributed by atoms with Gasteiger partial charge in [-0.05, 0) is 37.4 Å². The summed E-state index contributed by atoms with van der Waals surface area (Å²) in [5.74, 6) is -1.15.